The monoisotopic (exact) mass is 232 g/mol. The van der Waals surface area contributed by atoms with Gasteiger partial charge < -0.3 is 0 Å². The fourth-order valence-electron chi connectivity index (χ4n) is 0.997. The van der Waals surface area contributed by atoms with Gasteiger partial charge in [-0.15, -0.1) is 0 Å². The summed E-state index contributed by atoms with van der Waals surface area (Å²) in [4.78, 5) is 9.69. The zero-order chi connectivity index (χ0) is 9.52. The van der Waals surface area contributed by atoms with Crippen LogP contribution in [-0.2, 0) is 5.11 Å². The van der Waals surface area contributed by atoms with Crippen LogP contribution >= 0.6 is 34.8 Å². The Morgan fingerprint density at radius 2 is 2.08 bits per heavy atom. The van der Waals surface area contributed by atoms with E-state index in [1.54, 1.807) is 0 Å². The standard InChI is InChI=1S/C5H5Cl3NO3/c6-4(10)5(7,8)2-1-3(2)9(11)12/h2-4H,1H2/t2?,3?,4-/m0/s1. The van der Waals surface area contributed by atoms with Gasteiger partial charge in [-0.05, 0) is 0 Å². The molecule has 1 aliphatic carbocycles. The van der Waals surface area contributed by atoms with Crippen LogP contribution in [0.15, 0.2) is 0 Å². The molecule has 1 aliphatic rings. The minimum Gasteiger partial charge on any atom is -0.264 e. The van der Waals surface area contributed by atoms with Gasteiger partial charge in [0.25, 0.3) is 0 Å². The van der Waals surface area contributed by atoms with Gasteiger partial charge in [-0.1, -0.05) is 34.8 Å². The molecule has 0 aromatic heterocycles. The van der Waals surface area contributed by atoms with Gasteiger partial charge in [-0.3, -0.25) is 10.1 Å². The smallest absolute Gasteiger partial charge is 0.219 e. The Balaban J connectivity index is 2.57. The molecule has 0 aromatic rings. The first-order valence-corrected chi connectivity index (χ1v) is 4.37. The zero-order valence-electron chi connectivity index (χ0n) is 5.75. The van der Waals surface area contributed by atoms with Crippen molar-refractivity contribution in [2.75, 3.05) is 0 Å². The van der Waals surface area contributed by atoms with Crippen molar-refractivity contribution >= 4 is 34.8 Å². The molecule has 69 valence electrons. The minimum atomic E-state index is -1.73. The van der Waals surface area contributed by atoms with Crippen molar-refractivity contribution in [1.29, 1.82) is 0 Å². The third-order valence-corrected chi connectivity index (χ3v) is 3.35. The number of rotatable bonds is 3. The Hall–Kier alpha value is 0.230. The summed E-state index contributed by atoms with van der Waals surface area (Å²) in [5.74, 6) is -0.615. The highest BCUT2D eigenvalue weighted by Crippen LogP contribution is 2.50. The van der Waals surface area contributed by atoms with Crippen LogP contribution in [0.2, 0.25) is 0 Å². The quantitative estimate of drug-likeness (QED) is 0.424. The van der Waals surface area contributed by atoms with Crippen molar-refractivity contribution < 1.29 is 10.0 Å². The normalized spacial score (nSPS) is 31.3. The van der Waals surface area contributed by atoms with Crippen molar-refractivity contribution in [3.63, 3.8) is 0 Å². The highest BCUT2D eigenvalue weighted by Gasteiger charge is 2.62. The molecule has 0 amide bonds. The summed E-state index contributed by atoms with van der Waals surface area (Å²) in [5, 5.41) is 20.9. The lowest BCUT2D eigenvalue weighted by Gasteiger charge is -2.17. The average molecular weight is 233 g/mol. The van der Waals surface area contributed by atoms with Crippen LogP contribution in [0.4, 0.5) is 0 Å². The first-order valence-electron chi connectivity index (χ1n) is 3.18. The Morgan fingerprint density at radius 1 is 1.58 bits per heavy atom. The highest BCUT2D eigenvalue weighted by molar-refractivity contribution is 6.52. The molecule has 12 heavy (non-hydrogen) atoms. The molecule has 7 heteroatoms. The molecule has 0 aliphatic heterocycles. The fraction of sp³-hybridized carbons (Fsp3) is 1.00. The fourth-order valence-corrected chi connectivity index (χ4v) is 1.63. The SMILES string of the molecule is [O][C@H](Cl)C(Cl)(Cl)C1CC1[N+](=O)[O-]. The van der Waals surface area contributed by atoms with Crippen LogP contribution in [0.25, 0.3) is 0 Å². The van der Waals surface area contributed by atoms with E-state index >= 15 is 0 Å². The number of halogens is 3. The number of nitrogens with zero attached hydrogens (tertiary/aromatic N) is 1. The van der Waals surface area contributed by atoms with Crippen molar-refractivity contribution in [2.45, 2.75) is 22.4 Å². The van der Waals surface area contributed by atoms with E-state index in [1.165, 1.54) is 0 Å². The minimum absolute atomic E-state index is 0.228. The van der Waals surface area contributed by atoms with Crippen molar-refractivity contribution in [2.24, 2.45) is 5.92 Å². The summed E-state index contributed by atoms with van der Waals surface area (Å²) in [6.07, 6.45) is 0.228. The van der Waals surface area contributed by atoms with Gasteiger partial charge in [0.05, 0.1) is 5.92 Å². The summed E-state index contributed by atoms with van der Waals surface area (Å²) in [7, 11) is 0. The van der Waals surface area contributed by atoms with E-state index in [9.17, 15) is 15.2 Å². The third-order valence-electron chi connectivity index (χ3n) is 1.82. The first-order chi connectivity index (χ1) is 5.37. The van der Waals surface area contributed by atoms with E-state index in [1.807, 2.05) is 0 Å². The molecular formula is C5H5Cl3NO3. The predicted molar refractivity (Wildman–Crippen MR) is 43.7 cm³/mol. The molecule has 0 spiro atoms. The zero-order valence-corrected chi connectivity index (χ0v) is 8.01. The molecule has 3 atom stereocenters. The predicted octanol–water partition coefficient (Wildman–Crippen LogP) is 1.82. The second-order valence-electron chi connectivity index (χ2n) is 2.69. The van der Waals surface area contributed by atoms with Crippen molar-refractivity contribution in [3.05, 3.63) is 10.1 Å². The van der Waals surface area contributed by atoms with Gasteiger partial charge in [0.1, 0.15) is 0 Å². The lowest BCUT2D eigenvalue weighted by atomic mass is 10.3. The van der Waals surface area contributed by atoms with Crippen LogP contribution in [0, 0.1) is 16.0 Å². The molecule has 0 bridgehead atoms. The van der Waals surface area contributed by atoms with Crippen molar-refractivity contribution in [1.82, 2.24) is 0 Å². The summed E-state index contributed by atoms with van der Waals surface area (Å²) >= 11 is 16.2. The molecule has 1 fully saturated rings. The van der Waals surface area contributed by atoms with Crippen LogP contribution < -0.4 is 0 Å². The summed E-state index contributed by atoms with van der Waals surface area (Å²) in [6.45, 7) is 0. The molecule has 0 N–H and O–H groups in total. The molecule has 2 unspecified atom stereocenters. The molecule has 1 radical (unpaired) electrons. The lowest BCUT2D eigenvalue weighted by molar-refractivity contribution is -0.498. The van der Waals surface area contributed by atoms with E-state index < -0.39 is 26.8 Å². The van der Waals surface area contributed by atoms with Gasteiger partial charge >= 0.3 is 0 Å². The van der Waals surface area contributed by atoms with Crippen molar-refractivity contribution in [3.8, 4) is 0 Å². The topological polar surface area (TPSA) is 63.0 Å². The summed E-state index contributed by atoms with van der Waals surface area (Å²) < 4.78 is -1.72. The lowest BCUT2D eigenvalue weighted by Crippen LogP contribution is -2.30. The largest absolute Gasteiger partial charge is 0.264 e. The van der Waals surface area contributed by atoms with Crippen LogP contribution in [0.3, 0.4) is 0 Å². The molecule has 0 saturated heterocycles. The molecular weight excluding hydrogens is 228 g/mol. The summed E-state index contributed by atoms with van der Waals surface area (Å²) in [6, 6.07) is -0.810. The first kappa shape index (κ1) is 10.3. The Kier molecular flexibility index (Phi) is 2.73. The van der Waals surface area contributed by atoms with E-state index in [2.05, 4.69) is 0 Å². The number of nitro groups is 1. The maximum Gasteiger partial charge on any atom is 0.219 e. The Morgan fingerprint density at radius 3 is 2.33 bits per heavy atom. The molecule has 1 rings (SSSR count). The molecule has 4 nitrogen and oxygen atoms in total. The number of hydrogen-bond donors (Lipinski definition) is 0. The number of hydrogen-bond acceptors (Lipinski definition) is 2. The van der Waals surface area contributed by atoms with E-state index in [4.69, 9.17) is 34.8 Å². The third kappa shape index (κ3) is 1.76. The van der Waals surface area contributed by atoms with Crippen LogP contribution in [0.1, 0.15) is 6.42 Å². The number of alkyl halides is 3. The van der Waals surface area contributed by atoms with Crippen LogP contribution in [-0.4, -0.2) is 20.9 Å². The van der Waals surface area contributed by atoms with E-state index in [0.29, 0.717) is 0 Å². The van der Waals surface area contributed by atoms with Crippen LogP contribution in [0.5, 0.6) is 0 Å². The second-order valence-corrected chi connectivity index (χ2v) is 4.53. The van der Waals surface area contributed by atoms with E-state index in [0.717, 1.165) is 0 Å². The second kappa shape index (κ2) is 3.18. The Labute approximate surface area is 83.6 Å². The average Bonchev–Trinajstić information content (AvgIpc) is 2.63. The summed E-state index contributed by atoms with van der Waals surface area (Å²) in [5.41, 5.74) is -1.73. The molecule has 1 saturated carbocycles. The maximum atomic E-state index is 10.7. The van der Waals surface area contributed by atoms with Gasteiger partial charge in [0, 0.05) is 11.3 Å². The van der Waals surface area contributed by atoms with Gasteiger partial charge in [0.15, 0.2) is 9.90 Å². The molecule has 0 heterocycles. The van der Waals surface area contributed by atoms with Gasteiger partial charge in [0.2, 0.25) is 6.04 Å². The molecule has 0 aromatic carbocycles. The Bertz CT molecular complexity index is 208. The van der Waals surface area contributed by atoms with Gasteiger partial charge in [-0.25, -0.2) is 5.11 Å². The maximum absolute atomic E-state index is 10.7. The highest BCUT2D eigenvalue weighted by atomic mass is 35.5. The van der Waals surface area contributed by atoms with E-state index in [-0.39, 0.29) is 6.42 Å². The van der Waals surface area contributed by atoms with Gasteiger partial charge in [-0.2, -0.15) is 0 Å².